The highest BCUT2D eigenvalue weighted by molar-refractivity contribution is 5.80. The lowest BCUT2D eigenvalue weighted by Crippen LogP contribution is -2.50. The van der Waals surface area contributed by atoms with Gasteiger partial charge < -0.3 is 19.5 Å². The predicted molar refractivity (Wildman–Crippen MR) is 79.9 cm³/mol. The molecule has 5 nitrogen and oxygen atoms in total. The molecule has 1 atom stereocenters. The van der Waals surface area contributed by atoms with E-state index in [1.165, 1.54) is 7.11 Å². The van der Waals surface area contributed by atoms with E-state index < -0.39 is 5.54 Å². The molecule has 0 aliphatic rings. The van der Waals surface area contributed by atoms with Crippen LogP contribution in [-0.4, -0.2) is 51.6 Å². The lowest BCUT2D eigenvalue weighted by molar-refractivity contribution is -0.148. The van der Waals surface area contributed by atoms with E-state index in [-0.39, 0.29) is 5.97 Å². The van der Waals surface area contributed by atoms with Crippen molar-refractivity contribution in [3.05, 3.63) is 0 Å². The second-order valence-electron chi connectivity index (χ2n) is 5.04. The fourth-order valence-electron chi connectivity index (χ4n) is 2.03. The number of hydrogen-bond acceptors (Lipinski definition) is 5. The Balaban J connectivity index is 3.67. The van der Waals surface area contributed by atoms with E-state index in [4.69, 9.17) is 14.2 Å². The Morgan fingerprint density at radius 3 is 2.25 bits per heavy atom. The van der Waals surface area contributed by atoms with Crippen molar-refractivity contribution in [2.24, 2.45) is 0 Å². The van der Waals surface area contributed by atoms with Gasteiger partial charge in [-0.2, -0.15) is 0 Å². The van der Waals surface area contributed by atoms with Gasteiger partial charge in [-0.3, -0.25) is 4.79 Å². The molecule has 0 bridgehead atoms. The molecule has 0 amide bonds. The summed E-state index contributed by atoms with van der Waals surface area (Å²) in [6.07, 6.45) is 3.65. The number of likely N-dealkylation sites (N-methyl/N-ethyl adjacent to an activating group) is 1. The van der Waals surface area contributed by atoms with Crippen molar-refractivity contribution in [1.82, 2.24) is 5.32 Å². The molecule has 0 fully saturated rings. The molecule has 0 heterocycles. The molecule has 0 aromatic carbocycles. The van der Waals surface area contributed by atoms with Crippen LogP contribution in [0.15, 0.2) is 0 Å². The SMILES string of the molecule is CCCOCCOCCCCC(C)(NCC)C(=O)OC. The van der Waals surface area contributed by atoms with Gasteiger partial charge in [0, 0.05) is 13.2 Å². The maximum absolute atomic E-state index is 11.8. The first-order valence-electron chi connectivity index (χ1n) is 7.59. The van der Waals surface area contributed by atoms with Crippen LogP contribution in [0, 0.1) is 0 Å². The highest BCUT2D eigenvalue weighted by atomic mass is 16.5. The first kappa shape index (κ1) is 19.4. The van der Waals surface area contributed by atoms with Crippen LogP contribution in [0.25, 0.3) is 0 Å². The van der Waals surface area contributed by atoms with Gasteiger partial charge in [0.2, 0.25) is 0 Å². The second-order valence-corrected chi connectivity index (χ2v) is 5.04. The van der Waals surface area contributed by atoms with E-state index in [1.807, 2.05) is 13.8 Å². The Bertz CT molecular complexity index is 248. The normalized spacial score (nSPS) is 14.0. The molecule has 120 valence electrons. The standard InChI is InChI=1S/C15H31NO4/c1-5-10-19-12-13-20-11-8-7-9-15(3,16-6-2)14(17)18-4/h16H,5-13H2,1-4H3. The number of nitrogens with one attached hydrogen (secondary N) is 1. The van der Waals surface area contributed by atoms with E-state index in [2.05, 4.69) is 12.2 Å². The van der Waals surface area contributed by atoms with E-state index >= 15 is 0 Å². The number of carbonyl (C=O) groups is 1. The van der Waals surface area contributed by atoms with E-state index in [9.17, 15) is 4.79 Å². The van der Waals surface area contributed by atoms with Crippen LogP contribution in [0.4, 0.5) is 0 Å². The minimum atomic E-state index is -0.590. The molecule has 0 aromatic rings. The molecule has 5 heteroatoms. The van der Waals surface area contributed by atoms with Crippen molar-refractivity contribution in [3.63, 3.8) is 0 Å². The predicted octanol–water partition coefficient (Wildman–Crippen LogP) is 2.14. The van der Waals surface area contributed by atoms with Crippen molar-refractivity contribution in [3.8, 4) is 0 Å². The third kappa shape index (κ3) is 8.51. The highest BCUT2D eigenvalue weighted by Crippen LogP contribution is 2.15. The maximum Gasteiger partial charge on any atom is 0.325 e. The van der Waals surface area contributed by atoms with Crippen LogP contribution in [0.3, 0.4) is 0 Å². The van der Waals surface area contributed by atoms with Crippen LogP contribution >= 0.6 is 0 Å². The zero-order chi connectivity index (χ0) is 15.3. The molecule has 0 saturated carbocycles. The number of carbonyl (C=O) groups excluding carboxylic acids is 1. The smallest absolute Gasteiger partial charge is 0.325 e. The summed E-state index contributed by atoms with van der Waals surface area (Å²) in [7, 11) is 1.43. The Morgan fingerprint density at radius 1 is 1.05 bits per heavy atom. The number of hydrogen-bond donors (Lipinski definition) is 1. The van der Waals surface area contributed by atoms with Crippen LogP contribution < -0.4 is 5.32 Å². The zero-order valence-electron chi connectivity index (χ0n) is 13.5. The Kier molecular flexibility index (Phi) is 11.7. The van der Waals surface area contributed by atoms with Crippen LogP contribution in [0.5, 0.6) is 0 Å². The lowest BCUT2D eigenvalue weighted by Gasteiger charge is -2.27. The van der Waals surface area contributed by atoms with Crippen molar-refractivity contribution in [1.29, 1.82) is 0 Å². The van der Waals surface area contributed by atoms with Gasteiger partial charge in [0.05, 0.1) is 20.3 Å². The molecule has 0 saturated heterocycles. The molecule has 1 unspecified atom stereocenters. The minimum absolute atomic E-state index is 0.201. The van der Waals surface area contributed by atoms with Gasteiger partial charge in [-0.15, -0.1) is 0 Å². The van der Waals surface area contributed by atoms with Crippen molar-refractivity contribution in [2.45, 2.75) is 52.0 Å². The summed E-state index contributed by atoms with van der Waals surface area (Å²) in [5, 5.41) is 3.20. The fraction of sp³-hybridized carbons (Fsp3) is 0.933. The van der Waals surface area contributed by atoms with E-state index in [0.29, 0.717) is 19.8 Å². The van der Waals surface area contributed by atoms with Crippen molar-refractivity contribution < 1.29 is 19.0 Å². The first-order chi connectivity index (χ1) is 9.60. The van der Waals surface area contributed by atoms with Gasteiger partial charge in [-0.05, 0) is 39.2 Å². The second kappa shape index (κ2) is 12.1. The topological polar surface area (TPSA) is 56.8 Å². The number of ether oxygens (including phenoxy) is 3. The van der Waals surface area contributed by atoms with Gasteiger partial charge in [0.1, 0.15) is 5.54 Å². The summed E-state index contributed by atoms with van der Waals surface area (Å²) in [6, 6.07) is 0. The van der Waals surface area contributed by atoms with Crippen LogP contribution in [0.2, 0.25) is 0 Å². The Labute approximate surface area is 123 Å². The average molecular weight is 289 g/mol. The maximum atomic E-state index is 11.8. The molecule has 0 rings (SSSR count). The summed E-state index contributed by atoms with van der Waals surface area (Å²) < 4.78 is 15.7. The van der Waals surface area contributed by atoms with Gasteiger partial charge >= 0.3 is 5.97 Å². The van der Waals surface area contributed by atoms with E-state index in [0.717, 1.165) is 38.8 Å². The van der Waals surface area contributed by atoms with Crippen molar-refractivity contribution in [2.75, 3.05) is 40.1 Å². The third-order valence-electron chi connectivity index (χ3n) is 3.14. The van der Waals surface area contributed by atoms with Crippen LogP contribution in [-0.2, 0) is 19.0 Å². The van der Waals surface area contributed by atoms with Crippen LogP contribution in [0.1, 0.15) is 46.5 Å². The molecule has 20 heavy (non-hydrogen) atoms. The van der Waals surface area contributed by atoms with Gasteiger partial charge in [-0.25, -0.2) is 0 Å². The first-order valence-corrected chi connectivity index (χ1v) is 7.59. The zero-order valence-corrected chi connectivity index (χ0v) is 13.5. The summed E-state index contributed by atoms with van der Waals surface area (Å²) in [5.74, 6) is -0.201. The average Bonchev–Trinajstić information content (AvgIpc) is 2.45. The molecule has 0 spiro atoms. The molecule has 0 aliphatic heterocycles. The largest absolute Gasteiger partial charge is 0.468 e. The van der Waals surface area contributed by atoms with Gasteiger partial charge in [0.15, 0.2) is 0 Å². The quantitative estimate of drug-likeness (QED) is 0.416. The molecule has 0 aromatic heterocycles. The highest BCUT2D eigenvalue weighted by Gasteiger charge is 2.32. The molecular formula is C15H31NO4. The Morgan fingerprint density at radius 2 is 1.70 bits per heavy atom. The number of rotatable bonds is 13. The van der Waals surface area contributed by atoms with Gasteiger partial charge in [0.25, 0.3) is 0 Å². The summed E-state index contributed by atoms with van der Waals surface area (Å²) in [4.78, 5) is 11.8. The summed E-state index contributed by atoms with van der Waals surface area (Å²) in [6.45, 7) is 9.51. The van der Waals surface area contributed by atoms with E-state index in [1.54, 1.807) is 0 Å². The number of esters is 1. The number of methoxy groups -OCH3 is 1. The summed E-state index contributed by atoms with van der Waals surface area (Å²) in [5.41, 5.74) is -0.590. The monoisotopic (exact) mass is 289 g/mol. The third-order valence-corrected chi connectivity index (χ3v) is 3.14. The molecular weight excluding hydrogens is 258 g/mol. The Hall–Kier alpha value is -0.650. The molecule has 0 radical (unpaired) electrons. The van der Waals surface area contributed by atoms with Crippen molar-refractivity contribution >= 4 is 5.97 Å². The molecule has 0 aliphatic carbocycles. The summed E-state index contributed by atoms with van der Waals surface area (Å²) >= 11 is 0. The minimum Gasteiger partial charge on any atom is -0.468 e. The lowest BCUT2D eigenvalue weighted by atomic mass is 9.95. The number of unbranched alkanes of at least 4 members (excludes halogenated alkanes) is 1. The molecule has 1 N–H and O–H groups in total. The van der Waals surface area contributed by atoms with Gasteiger partial charge in [-0.1, -0.05) is 13.8 Å². The fourth-order valence-corrected chi connectivity index (χ4v) is 2.03.